The van der Waals surface area contributed by atoms with Gasteiger partial charge in [-0.1, -0.05) is 141 Å². The maximum absolute atomic E-state index is 1.50. The average Bonchev–Trinajstić information content (AvgIpc) is 2.96. The lowest BCUT2D eigenvalue weighted by atomic mass is 10.0. The highest BCUT2D eigenvalue weighted by Gasteiger charge is 1.97. The molecule has 4 fully saturated rings. The van der Waals surface area contributed by atoms with Gasteiger partial charge in [-0.3, -0.25) is 0 Å². The van der Waals surface area contributed by atoms with Crippen molar-refractivity contribution in [3.05, 3.63) is 0 Å². The zero-order chi connectivity index (χ0) is 15.6. The molecule has 0 N–H and O–H groups in total. The lowest BCUT2D eigenvalue weighted by Crippen LogP contribution is -1.85. The van der Waals surface area contributed by atoms with E-state index in [-0.39, 0.29) is 0 Å². The zero-order valence-corrected chi connectivity index (χ0v) is 15.6. The fourth-order valence-corrected chi connectivity index (χ4v) is 3.43. The topological polar surface area (TPSA) is 0 Å². The predicted octanol–water partition coefficient (Wildman–Crippen LogP) is 8.58. The van der Waals surface area contributed by atoms with Gasteiger partial charge in [-0.2, -0.15) is 0 Å². The molecule has 0 saturated heterocycles. The number of hydrogen-bond donors (Lipinski definition) is 0. The van der Waals surface area contributed by atoms with E-state index in [1.807, 2.05) is 0 Å². The van der Waals surface area contributed by atoms with E-state index in [2.05, 4.69) is 0 Å². The van der Waals surface area contributed by atoms with Gasteiger partial charge in [-0.15, -0.1) is 0 Å². The Morgan fingerprint density at radius 1 is 0.0909 bits per heavy atom. The molecule has 0 amide bonds. The highest BCUT2D eigenvalue weighted by molar-refractivity contribution is 4.52. The van der Waals surface area contributed by atoms with Crippen molar-refractivity contribution >= 4 is 0 Å². The van der Waals surface area contributed by atoms with Gasteiger partial charge in [0, 0.05) is 0 Å². The molecule has 0 aromatic heterocycles. The van der Waals surface area contributed by atoms with Crippen molar-refractivity contribution in [3.8, 4) is 0 Å². The van der Waals surface area contributed by atoms with E-state index >= 15 is 0 Å². The van der Waals surface area contributed by atoms with Gasteiger partial charge < -0.3 is 0 Å². The van der Waals surface area contributed by atoms with E-state index < -0.39 is 0 Å². The second-order valence-corrected chi connectivity index (χ2v) is 7.78. The average molecular weight is 309 g/mol. The molecule has 0 nitrogen and oxygen atoms in total. The Balaban J connectivity index is 0.000000149. The van der Waals surface area contributed by atoms with Crippen LogP contribution in [0.15, 0.2) is 0 Å². The molecule has 0 bridgehead atoms. The molecule has 4 saturated carbocycles. The highest BCUT2D eigenvalue weighted by Crippen LogP contribution is 2.16. The number of hydrogen-bond acceptors (Lipinski definition) is 0. The monoisotopic (exact) mass is 308 g/mol. The second-order valence-electron chi connectivity index (χ2n) is 7.78. The molecule has 0 atom stereocenters. The first kappa shape index (κ1) is 20.0. The fraction of sp³-hybridized carbons (Fsp3) is 1.00. The second kappa shape index (κ2) is 17.4. The largest absolute Gasteiger partial charge is 0.0533 e. The van der Waals surface area contributed by atoms with Crippen LogP contribution in [0.5, 0.6) is 0 Å². The molecule has 4 aliphatic carbocycles. The van der Waals surface area contributed by atoms with Crippen LogP contribution in [0.3, 0.4) is 0 Å². The van der Waals surface area contributed by atoms with Crippen LogP contribution in [-0.4, -0.2) is 0 Å². The van der Waals surface area contributed by atoms with Crippen LogP contribution in [0.1, 0.15) is 141 Å². The van der Waals surface area contributed by atoms with Crippen molar-refractivity contribution in [3.63, 3.8) is 0 Å². The Bertz CT molecular complexity index is 141. The normalized spacial score (nSPS) is 24.0. The minimum Gasteiger partial charge on any atom is -0.0533 e. The van der Waals surface area contributed by atoms with Crippen LogP contribution in [0.4, 0.5) is 0 Å². The first-order chi connectivity index (χ1) is 11.0. The summed E-state index contributed by atoms with van der Waals surface area (Å²) in [4.78, 5) is 0. The Labute approximate surface area is 141 Å². The summed E-state index contributed by atoms with van der Waals surface area (Å²) in [7, 11) is 0. The van der Waals surface area contributed by atoms with Gasteiger partial charge in [0.25, 0.3) is 0 Å². The third kappa shape index (κ3) is 14.9. The molecule has 4 rings (SSSR count). The third-order valence-electron chi connectivity index (χ3n) is 5.50. The molecule has 0 aromatic carbocycles. The molecule has 0 aromatic rings. The molecule has 22 heavy (non-hydrogen) atoms. The van der Waals surface area contributed by atoms with Crippen LogP contribution in [0.2, 0.25) is 0 Å². The molecule has 0 unspecified atom stereocenters. The smallest absolute Gasteiger partial charge is 0.0533 e. The van der Waals surface area contributed by atoms with Crippen molar-refractivity contribution in [1.82, 2.24) is 0 Å². The Morgan fingerprint density at radius 2 is 0.136 bits per heavy atom. The molecule has 0 aliphatic heterocycles. The van der Waals surface area contributed by atoms with Gasteiger partial charge >= 0.3 is 0 Å². The fourth-order valence-electron chi connectivity index (χ4n) is 3.43. The summed E-state index contributed by atoms with van der Waals surface area (Å²) < 4.78 is 0. The first-order valence-corrected chi connectivity index (χ1v) is 11.0. The maximum atomic E-state index is 1.50. The summed E-state index contributed by atoms with van der Waals surface area (Å²) in [5, 5.41) is 0. The quantitative estimate of drug-likeness (QED) is 0.393. The van der Waals surface area contributed by atoms with E-state index in [1.54, 1.807) is 0 Å². The summed E-state index contributed by atoms with van der Waals surface area (Å²) >= 11 is 0. The molecule has 0 heterocycles. The van der Waals surface area contributed by atoms with Gasteiger partial charge in [-0.25, -0.2) is 0 Å². The summed E-state index contributed by atoms with van der Waals surface area (Å²) in [5.41, 5.74) is 0. The summed E-state index contributed by atoms with van der Waals surface area (Å²) in [6.45, 7) is 0. The Kier molecular flexibility index (Phi) is 15.8. The van der Waals surface area contributed by atoms with E-state index in [9.17, 15) is 0 Å². The third-order valence-corrected chi connectivity index (χ3v) is 5.50. The van der Waals surface area contributed by atoms with Crippen LogP contribution in [-0.2, 0) is 0 Å². The van der Waals surface area contributed by atoms with Crippen LogP contribution in [0.25, 0.3) is 0 Å². The minimum absolute atomic E-state index is 1.50. The molecule has 0 radical (unpaired) electrons. The van der Waals surface area contributed by atoms with Gasteiger partial charge in [0.05, 0.1) is 0 Å². The van der Waals surface area contributed by atoms with Gasteiger partial charge in [0.15, 0.2) is 0 Å². The Morgan fingerprint density at radius 3 is 0.182 bits per heavy atom. The zero-order valence-electron chi connectivity index (χ0n) is 15.6. The summed E-state index contributed by atoms with van der Waals surface area (Å²) in [5.74, 6) is 0. The van der Waals surface area contributed by atoms with Gasteiger partial charge in [0.2, 0.25) is 0 Å². The molecule has 0 spiro atoms. The minimum atomic E-state index is 1.50. The molecular formula is C22H44. The molecular weight excluding hydrogens is 264 g/mol. The van der Waals surface area contributed by atoms with Gasteiger partial charge in [-0.05, 0) is 0 Å². The summed E-state index contributed by atoms with van der Waals surface area (Å²) in [6.07, 6.45) is 33.0. The number of rotatable bonds is 0. The van der Waals surface area contributed by atoms with Crippen molar-refractivity contribution in [1.29, 1.82) is 0 Å². The Hall–Kier alpha value is 0. The lowest BCUT2D eigenvalue weighted by molar-refractivity contribution is 0.504. The first-order valence-electron chi connectivity index (χ1n) is 11.0. The summed E-state index contributed by atoms with van der Waals surface area (Å²) in [6, 6.07) is 0. The standard InChI is InChI=1S/C7H14.C6H12.C5H10.C4H8/c1-2-4-6-7-5-3-1;1-2-4-6-5-3-1;1-2-4-5-3-1;1-2-4-3-1/h1-7H2;1-6H2;1-5H2;1-4H2. The SMILES string of the molecule is C1CCC1.C1CCCC1.C1CCCCC1.C1CCCCCC1. The van der Waals surface area contributed by atoms with Crippen molar-refractivity contribution in [2.24, 2.45) is 0 Å². The lowest BCUT2D eigenvalue weighted by Gasteiger charge is -2.05. The molecule has 0 heteroatoms. The van der Waals surface area contributed by atoms with E-state index in [0.717, 1.165) is 0 Å². The maximum Gasteiger partial charge on any atom is -0.0533 e. The van der Waals surface area contributed by atoms with E-state index in [4.69, 9.17) is 0 Å². The van der Waals surface area contributed by atoms with Crippen LogP contribution >= 0.6 is 0 Å². The van der Waals surface area contributed by atoms with Crippen molar-refractivity contribution in [2.75, 3.05) is 0 Å². The van der Waals surface area contributed by atoms with E-state index in [0.29, 0.717) is 0 Å². The van der Waals surface area contributed by atoms with Crippen LogP contribution in [0, 0.1) is 0 Å². The molecule has 132 valence electrons. The van der Waals surface area contributed by atoms with Gasteiger partial charge in [0.1, 0.15) is 0 Å². The molecule has 4 aliphatic rings. The van der Waals surface area contributed by atoms with E-state index in [1.165, 1.54) is 141 Å². The van der Waals surface area contributed by atoms with Crippen molar-refractivity contribution in [2.45, 2.75) is 141 Å². The highest BCUT2D eigenvalue weighted by atomic mass is 14.0. The predicted molar refractivity (Wildman–Crippen MR) is 102 cm³/mol. The van der Waals surface area contributed by atoms with Crippen LogP contribution < -0.4 is 0 Å². The van der Waals surface area contributed by atoms with Crippen molar-refractivity contribution < 1.29 is 0 Å².